The summed E-state index contributed by atoms with van der Waals surface area (Å²) in [6.07, 6.45) is 1.09. The molecule has 2 aliphatic rings. The Hall–Kier alpha value is -2.51. The van der Waals surface area contributed by atoms with Gasteiger partial charge in [0.05, 0.1) is 25.4 Å². The summed E-state index contributed by atoms with van der Waals surface area (Å²) in [6.45, 7) is 5.79. The SMILES string of the molecule is CC1Cn2nc(NCC3CCOC3)cc2CN1C(=O)c1cc2c(Cl)cccc2[nH]1. The van der Waals surface area contributed by atoms with Gasteiger partial charge in [-0.2, -0.15) is 5.10 Å². The number of hydrogen-bond acceptors (Lipinski definition) is 4. The van der Waals surface area contributed by atoms with Gasteiger partial charge in [0, 0.05) is 47.1 Å². The Morgan fingerprint density at radius 2 is 2.31 bits per heavy atom. The minimum absolute atomic E-state index is 0.0187. The van der Waals surface area contributed by atoms with Crippen molar-refractivity contribution in [2.75, 3.05) is 25.1 Å². The fourth-order valence-electron chi connectivity index (χ4n) is 4.16. The smallest absolute Gasteiger partial charge is 0.270 e. The molecular weight excluding hydrogens is 390 g/mol. The Balaban J connectivity index is 1.33. The van der Waals surface area contributed by atoms with E-state index in [2.05, 4.69) is 22.3 Å². The number of aromatic amines is 1. The third-order valence-corrected chi connectivity index (χ3v) is 6.19. The lowest BCUT2D eigenvalue weighted by Gasteiger charge is -2.33. The first-order valence-electron chi connectivity index (χ1n) is 10.0. The van der Waals surface area contributed by atoms with Gasteiger partial charge in [0.2, 0.25) is 0 Å². The molecule has 1 saturated heterocycles. The van der Waals surface area contributed by atoms with Gasteiger partial charge in [-0.05, 0) is 31.5 Å². The molecular formula is C21H24ClN5O2. The molecule has 2 unspecified atom stereocenters. The summed E-state index contributed by atoms with van der Waals surface area (Å²) in [7, 11) is 0. The molecule has 0 aliphatic carbocycles. The van der Waals surface area contributed by atoms with Gasteiger partial charge in [-0.1, -0.05) is 17.7 Å². The van der Waals surface area contributed by atoms with E-state index in [1.807, 2.05) is 39.9 Å². The van der Waals surface area contributed by atoms with Crippen molar-refractivity contribution in [3.8, 4) is 0 Å². The number of fused-ring (bicyclic) bond motifs is 2. The quantitative estimate of drug-likeness (QED) is 0.686. The molecule has 5 rings (SSSR count). The highest BCUT2D eigenvalue weighted by Gasteiger charge is 2.30. The van der Waals surface area contributed by atoms with Crippen LogP contribution in [0.1, 0.15) is 29.5 Å². The van der Waals surface area contributed by atoms with Gasteiger partial charge in [-0.25, -0.2) is 0 Å². The molecule has 0 bridgehead atoms. The number of halogens is 1. The number of H-pyrrole nitrogens is 1. The largest absolute Gasteiger partial charge is 0.381 e. The molecule has 1 aromatic carbocycles. The van der Waals surface area contributed by atoms with Gasteiger partial charge in [0.25, 0.3) is 5.91 Å². The van der Waals surface area contributed by atoms with E-state index in [4.69, 9.17) is 16.3 Å². The van der Waals surface area contributed by atoms with Gasteiger partial charge >= 0.3 is 0 Å². The molecule has 1 fully saturated rings. The maximum atomic E-state index is 13.2. The van der Waals surface area contributed by atoms with E-state index in [9.17, 15) is 4.79 Å². The third kappa shape index (κ3) is 3.49. The number of nitrogens with zero attached hydrogens (tertiary/aromatic N) is 3. The first-order valence-corrected chi connectivity index (χ1v) is 10.4. The Morgan fingerprint density at radius 3 is 3.10 bits per heavy atom. The summed E-state index contributed by atoms with van der Waals surface area (Å²) in [5, 5.41) is 9.61. The summed E-state index contributed by atoms with van der Waals surface area (Å²) >= 11 is 6.26. The van der Waals surface area contributed by atoms with Crippen LogP contribution >= 0.6 is 11.6 Å². The third-order valence-electron chi connectivity index (χ3n) is 5.86. The molecule has 0 radical (unpaired) electrons. The van der Waals surface area contributed by atoms with Gasteiger partial charge in [0.1, 0.15) is 11.5 Å². The lowest BCUT2D eigenvalue weighted by Crippen LogP contribution is -2.45. The summed E-state index contributed by atoms with van der Waals surface area (Å²) in [4.78, 5) is 18.3. The summed E-state index contributed by atoms with van der Waals surface area (Å²) in [5.41, 5.74) is 2.47. The molecule has 7 nitrogen and oxygen atoms in total. The minimum atomic E-state index is -0.0187. The highest BCUT2D eigenvalue weighted by atomic mass is 35.5. The standard InChI is InChI=1S/C21H24ClN5O2/c1-13-10-27-15(7-20(25-27)23-9-14-5-6-29-12-14)11-26(13)21(28)19-8-16-17(22)3-2-4-18(16)24-19/h2-4,7-8,13-14,24H,5-6,9-12H2,1H3,(H,23,25). The second-order valence-corrected chi connectivity index (χ2v) is 8.39. The van der Waals surface area contributed by atoms with E-state index >= 15 is 0 Å². The monoisotopic (exact) mass is 413 g/mol. The van der Waals surface area contributed by atoms with Gasteiger partial charge in [-0.3, -0.25) is 9.48 Å². The van der Waals surface area contributed by atoms with E-state index in [1.54, 1.807) is 0 Å². The van der Waals surface area contributed by atoms with E-state index < -0.39 is 0 Å². The Morgan fingerprint density at radius 1 is 1.41 bits per heavy atom. The van der Waals surface area contributed by atoms with Crippen LogP contribution in [0.3, 0.4) is 0 Å². The Kier molecular flexibility index (Phi) is 4.72. The van der Waals surface area contributed by atoms with Crippen LogP contribution in [0.2, 0.25) is 5.02 Å². The molecule has 0 saturated carbocycles. The van der Waals surface area contributed by atoms with E-state index in [0.29, 0.717) is 29.7 Å². The van der Waals surface area contributed by atoms with Crippen molar-refractivity contribution in [3.63, 3.8) is 0 Å². The number of rotatable bonds is 4. The number of carbonyl (C=O) groups is 1. The summed E-state index contributed by atoms with van der Waals surface area (Å²) in [5.74, 6) is 1.39. The van der Waals surface area contributed by atoms with Crippen molar-refractivity contribution in [2.45, 2.75) is 32.5 Å². The van der Waals surface area contributed by atoms with Crippen LogP contribution in [0, 0.1) is 5.92 Å². The lowest BCUT2D eigenvalue weighted by atomic mass is 10.1. The second kappa shape index (κ2) is 7.39. The topological polar surface area (TPSA) is 75.2 Å². The fourth-order valence-corrected chi connectivity index (χ4v) is 4.39. The van der Waals surface area contributed by atoms with Crippen LogP contribution < -0.4 is 5.32 Å². The number of nitrogens with one attached hydrogen (secondary N) is 2. The predicted molar refractivity (Wildman–Crippen MR) is 112 cm³/mol. The normalized spacial score (nSPS) is 21.5. The van der Waals surface area contributed by atoms with Crippen molar-refractivity contribution in [3.05, 3.63) is 46.7 Å². The molecule has 0 spiro atoms. The van der Waals surface area contributed by atoms with Crippen molar-refractivity contribution < 1.29 is 9.53 Å². The van der Waals surface area contributed by atoms with Crippen LogP contribution in [0.15, 0.2) is 30.3 Å². The zero-order valence-electron chi connectivity index (χ0n) is 16.3. The minimum Gasteiger partial charge on any atom is -0.381 e. The number of amides is 1. The number of benzene rings is 1. The molecule has 2 atom stereocenters. The Labute approximate surface area is 174 Å². The number of aromatic nitrogens is 3. The van der Waals surface area contributed by atoms with Crippen molar-refractivity contribution >= 4 is 34.2 Å². The second-order valence-electron chi connectivity index (χ2n) is 7.98. The number of hydrogen-bond donors (Lipinski definition) is 2. The Bertz CT molecular complexity index is 1050. The molecule has 2 aliphatic heterocycles. The van der Waals surface area contributed by atoms with Crippen LogP contribution in [0.4, 0.5) is 5.82 Å². The molecule has 29 heavy (non-hydrogen) atoms. The van der Waals surface area contributed by atoms with Crippen LogP contribution in [0.25, 0.3) is 10.9 Å². The zero-order chi connectivity index (χ0) is 20.0. The molecule has 8 heteroatoms. The highest BCUT2D eigenvalue weighted by Crippen LogP contribution is 2.27. The maximum Gasteiger partial charge on any atom is 0.270 e. The maximum absolute atomic E-state index is 13.2. The van der Waals surface area contributed by atoms with Crippen LogP contribution in [0.5, 0.6) is 0 Å². The molecule has 1 amide bonds. The van der Waals surface area contributed by atoms with E-state index in [-0.39, 0.29) is 11.9 Å². The van der Waals surface area contributed by atoms with Gasteiger partial charge in [0.15, 0.2) is 0 Å². The van der Waals surface area contributed by atoms with Crippen molar-refractivity contribution in [1.82, 2.24) is 19.7 Å². The van der Waals surface area contributed by atoms with E-state index in [0.717, 1.165) is 48.6 Å². The number of anilines is 1. The van der Waals surface area contributed by atoms with Gasteiger partial charge < -0.3 is 19.9 Å². The molecule has 3 aromatic rings. The summed E-state index contributed by atoms with van der Waals surface area (Å²) in [6, 6.07) is 9.58. The first-order chi connectivity index (χ1) is 14.1. The lowest BCUT2D eigenvalue weighted by molar-refractivity contribution is 0.0602. The number of ether oxygens (including phenoxy) is 1. The fraction of sp³-hybridized carbons (Fsp3) is 0.429. The average molecular weight is 414 g/mol. The molecule has 152 valence electrons. The van der Waals surface area contributed by atoms with Crippen molar-refractivity contribution in [2.24, 2.45) is 5.92 Å². The first kappa shape index (κ1) is 18.5. The average Bonchev–Trinajstić information content (AvgIpc) is 3.44. The molecule has 4 heterocycles. The van der Waals surface area contributed by atoms with Gasteiger partial charge in [-0.15, -0.1) is 0 Å². The highest BCUT2D eigenvalue weighted by molar-refractivity contribution is 6.35. The van der Waals surface area contributed by atoms with Crippen LogP contribution in [-0.4, -0.2) is 51.4 Å². The zero-order valence-corrected chi connectivity index (χ0v) is 17.1. The predicted octanol–water partition coefficient (Wildman–Crippen LogP) is 3.51. The van der Waals surface area contributed by atoms with Crippen LogP contribution in [-0.2, 0) is 17.8 Å². The summed E-state index contributed by atoms with van der Waals surface area (Å²) < 4.78 is 7.44. The molecule has 2 aromatic heterocycles. The number of carbonyl (C=O) groups excluding carboxylic acids is 1. The van der Waals surface area contributed by atoms with E-state index in [1.165, 1.54) is 0 Å². The van der Waals surface area contributed by atoms with Crippen molar-refractivity contribution in [1.29, 1.82) is 0 Å². The molecule has 2 N–H and O–H groups in total.